The fraction of sp³-hybridized carbons (Fsp3) is 0.0545. The Bertz CT molecular complexity index is 3920. The van der Waals surface area contributed by atoms with Gasteiger partial charge in [-0.15, -0.1) is 32.8 Å². The number of rotatable bonds is 5. The van der Waals surface area contributed by atoms with Crippen molar-refractivity contribution in [2.75, 3.05) is 0 Å². The van der Waals surface area contributed by atoms with Crippen LogP contribution in [0.15, 0.2) is 133 Å². The fourth-order valence-corrected chi connectivity index (χ4v) is 12.2. The van der Waals surface area contributed by atoms with Gasteiger partial charge in [-0.1, -0.05) is 108 Å². The number of para-hydroxylation sites is 2. The lowest BCUT2D eigenvalue weighted by Crippen LogP contribution is -2.55. The summed E-state index contributed by atoms with van der Waals surface area (Å²) in [5.41, 5.74) is 30.5. The molecule has 1 aliphatic rings. The third-order valence-corrected chi connectivity index (χ3v) is 16.9. The second-order valence-corrected chi connectivity index (χ2v) is 20.5. The summed E-state index contributed by atoms with van der Waals surface area (Å²) in [7, 11) is 22.6. The van der Waals surface area contributed by atoms with Crippen molar-refractivity contribution in [2.45, 2.75) is 19.3 Å². The molecule has 0 atom stereocenters. The Kier molecular flexibility index (Phi) is 9.78. The normalized spacial score (nSPS) is 12.9. The molecule has 0 amide bonds. The summed E-state index contributed by atoms with van der Waals surface area (Å²) in [5.74, 6) is 0.683. The molecule has 69 heavy (non-hydrogen) atoms. The molecular formula is C55H48B10N4. The minimum atomic E-state index is -0.189. The molecule has 3 heterocycles. The van der Waals surface area contributed by atoms with Crippen LogP contribution in [-0.2, 0) is 5.41 Å². The van der Waals surface area contributed by atoms with Crippen molar-refractivity contribution in [1.29, 1.82) is 0 Å². The monoisotopic (exact) mass is 874 g/mol. The Hall–Kier alpha value is -6.91. The van der Waals surface area contributed by atoms with Crippen LogP contribution in [0.3, 0.4) is 0 Å². The van der Waals surface area contributed by atoms with Crippen LogP contribution in [0.5, 0.6) is 0 Å². The lowest BCUT2D eigenvalue weighted by molar-refractivity contribution is 0.661. The number of nitrogens with zero attached hydrogens (tertiary/aromatic N) is 4. The molecule has 14 heteroatoms. The number of hydrogen-bond acceptors (Lipinski definition) is 2. The highest BCUT2D eigenvalue weighted by molar-refractivity contribution is 6.70. The first-order valence-electron chi connectivity index (χ1n) is 24.5. The van der Waals surface area contributed by atoms with Gasteiger partial charge in [-0.2, -0.15) is 0 Å². The number of aromatic nitrogens is 4. The first kappa shape index (κ1) is 43.4. The second kappa shape index (κ2) is 15.6. The van der Waals surface area contributed by atoms with Crippen molar-refractivity contribution in [1.82, 2.24) is 19.1 Å². The molecule has 3 aromatic heterocycles. The number of benzene rings is 8. The van der Waals surface area contributed by atoms with E-state index in [4.69, 9.17) is 9.97 Å². The van der Waals surface area contributed by atoms with E-state index in [0.29, 0.717) is 5.95 Å². The summed E-state index contributed by atoms with van der Waals surface area (Å²) in [5, 5.41) is 4.86. The molecule has 0 unspecified atom stereocenters. The Morgan fingerprint density at radius 3 is 1.42 bits per heavy atom. The summed E-state index contributed by atoms with van der Waals surface area (Å²) in [6.07, 6.45) is 0. The maximum Gasteiger partial charge on any atom is 0.235 e. The van der Waals surface area contributed by atoms with Gasteiger partial charge in [-0.05, 0) is 105 Å². The highest BCUT2D eigenvalue weighted by Crippen LogP contribution is 2.51. The van der Waals surface area contributed by atoms with Gasteiger partial charge in [0.1, 0.15) is 78.5 Å². The van der Waals surface area contributed by atoms with Gasteiger partial charge in [0, 0.05) is 32.6 Å². The lowest BCUT2D eigenvalue weighted by atomic mass is 9.59. The van der Waals surface area contributed by atoms with E-state index in [-0.39, 0.29) is 5.41 Å². The van der Waals surface area contributed by atoms with Crippen LogP contribution in [0.4, 0.5) is 0 Å². The molecule has 4 nitrogen and oxygen atoms in total. The summed E-state index contributed by atoms with van der Waals surface area (Å²) >= 11 is 0. The van der Waals surface area contributed by atoms with E-state index in [1.165, 1.54) is 132 Å². The van der Waals surface area contributed by atoms with Crippen LogP contribution >= 0.6 is 0 Å². The highest BCUT2D eigenvalue weighted by Gasteiger charge is 2.36. The average Bonchev–Trinajstić information content (AvgIpc) is 3.95. The molecule has 318 valence electrons. The minimum Gasteiger partial charge on any atom is -0.309 e. The van der Waals surface area contributed by atoms with Gasteiger partial charge in [0.25, 0.3) is 0 Å². The predicted octanol–water partition coefficient (Wildman–Crippen LogP) is -3.44. The van der Waals surface area contributed by atoms with E-state index in [1.807, 2.05) is 0 Å². The molecular weight excluding hydrogens is 825 g/mol. The van der Waals surface area contributed by atoms with Gasteiger partial charge in [-0.3, -0.25) is 4.57 Å². The molecule has 0 N–H and O–H groups in total. The minimum absolute atomic E-state index is 0.189. The van der Waals surface area contributed by atoms with E-state index in [9.17, 15) is 0 Å². The van der Waals surface area contributed by atoms with Crippen molar-refractivity contribution >= 4 is 177 Å². The van der Waals surface area contributed by atoms with Crippen LogP contribution in [-0.4, -0.2) is 97.6 Å². The smallest absolute Gasteiger partial charge is 0.235 e. The first-order valence-corrected chi connectivity index (χ1v) is 24.5. The summed E-state index contributed by atoms with van der Waals surface area (Å²) < 4.78 is 4.76. The van der Waals surface area contributed by atoms with Gasteiger partial charge >= 0.3 is 0 Å². The van der Waals surface area contributed by atoms with Crippen molar-refractivity contribution in [3.8, 4) is 56.4 Å². The zero-order valence-corrected chi connectivity index (χ0v) is 42.0. The average molecular weight is 873 g/mol. The maximum absolute atomic E-state index is 5.72. The molecule has 0 fully saturated rings. The molecule has 0 aliphatic heterocycles. The Balaban J connectivity index is 1.16. The van der Waals surface area contributed by atoms with Gasteiger partial charge in [0.2, 0.25) is 5.95 Å². The molecule has 0 saturated heterocycles. The van der Waals surface area contributed by atoms with Crippen LogP contribution < -0.4 is 54.6 Å². The standard InChI is InChI=1S/C55H48B10N4/c1-55(2)34-14-8-6-12-28(34)30-22-33-32-21-26(25-16-18-39-31(20-25)29-13-7-9-15-38(29)68(39)27-10-4-3-5-11-27)17-19-40(32)69(41(33)23-35(30)55)54-66-36(42-44(56)48(60)52(64)49(61)45(42)57)24-37(67-54)43-46(58)50(62)53(65)51(63)47(43)59/h3-24H,56-65H2,1-2H3. The summed E-state index contributed by atoms with van der Waals surface area (Å²) in [6.45, 7) is 4.74. The summed E-state index contributed by atoms with van der Waals surface area (Å²) in [4.78, 5) is 11.4. The van der Waals surface area contributed by atoms with Crippen molar-refractivity contribution < 1.29 is 0 Å². The lowest BCUT2D eigenvalue weighted by Gasteiger charge is -2.23. The highest BCUT2D eigenvalue weighted by atomic mass is 15.2. The van der Waals surface area contributed by atoms with Crippen LogP contribution in [0.25, 0.3) is 100 Å². The molecule has 0 radical (unpaired) electrons. The molecule has 12 rings (SSSR count). The van der Waals surface area contributed by atoms with Crippen molar-refractivity contribution in [2.24, 2.45) is 0 Å². The number of hydrogen-bond donors (Lipinski definition) is 0. The summed E-state index contributed by atoms with van der Waals surface area (Å²) in [6, 6.07) is 49.6. The predicted molar refractivity (Wildman–Crippen MR) is 326 cm³/mol. The zero-order valence-electron chi connectivity index (χ0n) is 42.0. The van der Waals surface area contributed by atoms with Crippen LogP contribution in [0.1, 0.15) is 25.0 Å². The third-order valence-electron chi connectivity index (χ3n) is 16.9. The van der Waals surface area contributed by atoms with E-state index < -0.39 is 0 Å². The van der Waals surface area contributed by atoms with Crippen molar-refractivity contribution in [3.05, 3.63) is 145 Å². The Morgan fingerprint density at radius 1 is 0.362 bits per heavy atom. The van der Waals surface area contributed by atoms with E-state index in [1.54, 1.807) is 0 Å². The SMILES string of the molecule is Bc1c(B)c(B)c(-c2cc(-c3c(B)c(B)c(B)c(B)c3B)nc(-n3c4ccc(-c5ccc6c(c5)c5ccccc5n6-c5ccccc5)cc4c4cc5c(cc43)C(C)(C)c3ccccc3-5)n2)c(B)c1B. The van der Waals surface area contributed by atoms with E-state index >= 15 is 0 Å². The molecule has 0 spiro atoms. The Labute approximate surface area is 413 Å². The quantitative estimate of drug-likeness (QED) is 0.169. The van der Waals surface area contributed by atoms with Gasteiger partial charge in [-0.25, -0.2) is 9.97 Å². The second-order valence-electron chi connectivity index (χ2n) is 20.5. The largest absolute Gasteiger partial charge is 0.309 e. The van der Waals surface area contributed by atoms with Crippen LogP contribution in [0, 0.1) is 0 Å². The molecule has 11 aromatic rings. The Morgan fingerprint density at radius 2 is 0.826 bits per heavy atom. The molecule has 1 aliphatic carbocycles. The molecule has 0 saturated carbocycles. The van der Waals surface area contributed by atoms with Gasteiger partial charge in [0.15, 0.2) is 0 Å². The van der Waals surface area contributed by atoms with E-state index in [0.717, 1.165) is 28.1 Å². The third kappa shape index (κ3) is 6.23. The van der Waals surface area contributed by atoms with Gasteiger partial charge < -0.3 is 4.57 Å². The van der Waals surface area contributed by atoms with E-state index in [2.05, 4.69) is 235 Å². The maximum atomic E-state index is 5.72. The fourth-order valence-electron chi connectivity index (χ4n) is 12.2. The van der Waals surface area contributed by atoms with Crippen LogP contribution in [0.2, 0.25) is 0 Å². The number of fused-ring (bicyclic) bond motifs is 9. The zero-order chi connectivity index (χ0) is 47.9. The molecule has 0 bridgehead atoms. The van der Waals surface area contributed by atoms with Crippen molar-refractivity contribution in [3.63, 3.8) is 0 Å². The van der Waals surface area contributed by atoms with Gasteiger partial charge in [0.05, 0.1) is 33.5 Å². The topological polar surface area (TPSA) is 35.6 Å². The first-order chi connectivity index (χ1) is 33.1. The molecule has 8 aromatic carbocycles.